The minimum absolute atomic E-state index is 0.0541. The fourth-order valence-corrected chi connectivity index (χ4v) is 6.60. The number of amides is 1. The highest BCUT2D eigenvalue weighted by molar-refractivity contribution is 7.17. The van der Waals surface area contributed by atoms with Crippen LogP contribution >= 0.6 is 11.3 Å². The molecule has 0 radical (unpaired) electrons. The van der Waals surface area contributed by atoms with Gasteiger partial charge in [0.2, 0.25) is 0 Å². The molecule has 1 heterocycles. The molecule has 31 heavy (non-hydrogen) atoms. The minimum Gasteiger partial charge on any atom is -0.481 e. The van der Waals surface area contributed by atoms with E-state index in [4.69, 9.17) is 5.11 Å². The Kier molecular flexibility index (Phi) is 6.25. The van der Waals surface area contributed by atoms with Gasteiger partial charge in [0.15, 0.2) is 0 Å². The highest BCUT2D eigenvalue weighted by Gasteiger charge is 2.57. The predicted molar refractivity (Wildman–Crippen MR) is 127 cm³/mol. The van der Waals surface area contributed by atoms with Crippen molar-refractivity contribution in [1.82, 2.24) is 5.32 Å². The average Bonchev–Trinajstić information content (AvgIpc) is 3.13. The smallest absolute Gasteiger partial charge is 0.303 e. The Hall–Kier alpha value is -2.14. The van der Waals surface area contributed by atoms with E-state index in [0.717, 1.165) is 40.8 Å². The lowest BCUT2D eigenvalue weighted by atomic mass is 9.44. The maximum Gasteiger partial charge on any atom is 0.303 e. The maximum atomic E-state index is 13.3. The number of nitrogens with one attached hydrogen (secondary N) is 1. The van der Waals surface area contributed by atoms with E-state index in [9.17, 15) is 9.59 Å². The molecule has 1 aromatic carbocycles. The zero-order chi connectivity index (χ0) is 22.2. The molecule has 3 aliphatic rings. The third-order valence-corrected chi connectivity index (χ3v) is 8.68. The van der Waals surface area contributed by atoms with Crippen molar-refractivity contribution in [3.05, 3.63) is 46.9 Å². The normalized spacial score (nSPS) is 26.7. The van der Waals surface area contributed by atoms with E-state index in [2.05, 4.69) is 56.4 Å². The second kappa shape index (κ2) is 8.78. The molecular formula is C26H33NO3S. The van der Waals surface area contributed by atoms with Gasteiger partial charge in [-0.25, -0.2) is 0 Å². The van der Waals surface area contributed by atoms with Gasteiger partial charge in [0, 0.05) is 27.9 Å². The van der Waals surface area contributed by atoms with Crippen molar-refractivity contribution >= 4 is 33.3 Å². The molecule has 4 atom stereocenters. The number of hydrogen-bond acceptors (Lipinski definition) is 3. The number of carbonyl (C=O) groups excluding carboxylic acids is 1. The van der Waals surface area contributed by atoms with Gasteiger partial charge in [0.1, 0.15) is 0 Å². The lowest BCUT2D eigenvalue weighted by Crippen LogP contribution is -2.63. The summed E-state index contributed by atoms with van der Waals surface area (Å²) in [7, 11) is 0. The standard InChI is InChI=1S/C26H33NO3S/c1-16-10-11-22-19(12-16)20(15-31-22)25(30)27-24-17(8-6-4-5-7-9-23(28)29)13-18-14-21(24)26(18,2)3/h4,6,10-12,15,17-18,21,24H,5,7-9,13-14H2,1-3H3,(H,27,30)(H,28,29)/t17-,18+,21+,24?/m1/s1. The third kappa shape index (κ3) is 4.43. The zero-order valence-corrected chi connectivity index (χ0v) is 19.5. The number of aliphatic carboxylic acids is 1. The van der Waals surface area contributed by atoms with Crippen molar-refractivity contribution in [2.24, 2.45) is 23.2 Å². The van der Waals surface area contributed by atoms with E-state index in [1.54, 1.807) is 11.3 Å². The Morgan fingerprint density at radius 2 is 2.06 bits per heavy atom. The number of hydrogen-bond donors (Lipinski definition) is 2. The summed E-state index contributed by atoms with van der Waals surface area (Å²) in [6.07, 6.45) is 9.32. The molecule has 0 aliphatic heterocycles. The first-order chi connectivity index (χ1) is 14.8. The number of aryl methyl sites for hydroxylation is 1. The first kappa shape index (κ1) is 22.1. The molecule has 3 saturated carbocycles. The van der Waals surface area contributed by atoms with E-state index in [0.29, 0.717) is 18.3 Å². The number of carboxylic acid groups (broad SMARTS) is 1. The van der Waals surface area contributed by atoms with Crippen LogP contribution < -0.4 is 5.32 Å². The maximum absolute atomic E-state index is 13.3. The van der Waals surface area contributed by atoms with Gasteiger partial charge in [0.25, 0.3) is 5.91 Å². The number of carbonyl (C=O) groups is 2. The lowest BCUT2D eigenvalue weighted by Gasteiger charge is -2.62. The summed E-state index contributed by atoms with van der Waals surface area (Å²) in [6, 6.07) is 6.50. The first-order valence-electron chi connectivity index (χ1n) is 11.4. The van der Waals surface area contributed by atoms with Crippen LogP contribution in [0.3, 0.4) is 0 Å². The minimum atomic E-state index is -0.734. The number of allylic oxidation sites excluding steroid dienone is 2. The largest absolute Gasteiger partial charge is 0.481 e. The fourth-order valence-electron chi connectivity index (χ4n) is 5.68. The van der Waals surface area contributed by atoms with Crippen LogP contribution in [0, 0.1) is 30.1 Å². The van der Waals surface area contributed by atoms with Gasteiger partial charge in [0.05, 0.1) is 5.56 Å². The van der Waals surface area contributed by atoms with E-state index >= 15 is 0 Å². The molecule has 3 aliphatic carbocycles. The van der Waals surface area contributed by atoms with Gasteiger partial charge in [-0.15, -0.1) is 11.3 Å². The van der Waals surface area contributed by atoms with Crippen molar-refractivity contribution < 1.29 is 14.7 Å². The molecule has 2 N–H and O–H groups in total. The molecule has 0 spiro atoms. The van der Waals surface area contributed by atoms with Crippen LogP contribution in [0.5, 0.6) is 0 Å². The van der Waals surface area contributed by atoms with E-state index in [1.807, 2.05) is 5.38 Å². The first-order valence-corrected chi connectivity index (χ1v) is 12.3. The van der Waals surface area contributed by atoms with E-state index in [1.165, 1.54) is 12.0 Å². The Balaban J connectivity index is 1.46. The monoisotopic (exact) mass is 439 g/mol. The summed E-state index contributed by atoms with van der Waals surface area (Å²) in [4.78, 5) is 24.0. The highest BCUT2D eigenvalue weighted by atomic mass is 32.1. The molecule has 1 aromatic heterocycles. The molecule has 3 fully saturated rings. The van der Waals surface area contributed by atoms with Crippen molar-refractivity contribution in [1.29, 1.82) is 0 Å². The Morgan fingerprint density at radius 1 is 1.26 bits per heavy atom. The summed E-state index contributed by atoms with van der Waals surface area (Å²) < 4.78 is 1.16. The quantitative estimate of drug-likeness (QED) is 0.381. The van der Waals surface area contributed by atoms with Crippen molar-refractivity contribution in [2.45, 2.75) is 65.3 Å². The summed E-state index contributed by atoms with van der Waals surface area (Å²) >= 11 is 1.63. The summed E-state index contributed by atoms with van der Waals surface area (Å²) in [5.74, 6) is 1.02. The van der Waals surface area contributed by atoms with Gasteiger partial charge in [-0.1, -0.05) is 37.6 Å². The second-order valence-electron chi connectivity index (χ2n) is 10.00. The van der Waals surface area contributed by atoms with Crippen molar-refractivity contribution in [3.8, 4) is 0 Å². The summed E-state index contributed by atoms with van der Waals surface area (Å²) in [5, 5.41) is 15.3. The molecule has 5 rings (SSSR count). The summed E-state index contributed by atoms with van der Waals surface area (Å²) in [6.45, 7) is 6.77. The van der Waals surface area contributed by atoms with Crippen LogP contribution in [0.4, 0.5) is 0 Å². The summed E-state index contributed by atoms with van der Waals surface area (Å²) in [5.41, 5.74) is 2.25. The van der Waals surface area contributed by atoms with Crippen molar-refractivity contribution in [2.75, 3.05) is 0 Å². The van der Waals surface area contributed by atoms with Gasteiger partial charge < -0.3 is 10.4 Å². The van der Waals surface area contributed by atoms with Crippen LogP contribution in [0.2, 0.25) is 0 Å². The van der Waals surface area contributed by atoms with Gasteiger partial charge in [-0.3, -0.25) is 9.59 Å². The molecule has 0 saturated heterocycles. The highest BCUT2D eigenvalue weighted by Crippen LogP contribution is 2.61. The zero-order valence-electron chi connectivity index (χ0n) is 18.7. The number of benzene rings is 1. The number of thiophene rings is 1. The van der Waals surface area contributed by atoms with Gasteiger partial charge in [-0.2, -0.15) is 0 Å². The van der Waals surface area contributed by atoms with Crippen LogP contribution in [-0.2, 0) is 4.79 Å². The predicted octanol–water partition coefficient (Wildman–Crippen LogP) is 6.19. The Labute approximate surface area is 188 Å². The molecule has 5 heteroatoms. The van der Waals surface area contributed by atoms with Crippen LogP contribution in [-0.4, -0.2) is 23.0 Å². The molecule has 4 nitrogen and oxygen atoms in total. The van der Waals surface area contributed by atoms with Crippen LogP contribution in [0.25, 0.3) is 10.1 Å². The van der Waals surface area contributed by atoms with E-state index < -0.39 is 5.97 Å². The molecule has 2 bridgehead atoms. The van der Waals surface area contributed by atoms with Crippen LogP contribution in [0.1, 0.15) is 68.3 Å². The second-order valence-corrected chi connectivity index (χ2v) is 10.9. The lowest BCUT2D eigenvalue weighted by molar-refractivity contribution is -0.137. The third-order valence-electron chi connectivity index (χ3n) is 7.71. The number of fused-ring (bicyclic) bond motifs is 3. The van der Waals surface area contributed by atoms with Crippen LogP contribution in [0.15, 0.2) is 35.7 Å². The van der Waals surface area contributed by atoms with Gasteiger partial charge in [-0.05, 0) is 74.3 Å². The van der Waals surface area contributed by atoms with E-state index in [-0.39, 0.29) is 23.8 Å². The Morgan fingerprint density at radius 3 is 2.81 bits per heavy atom. The number of unbranched alkanes of at least 4 members (excludes halogenated alkanes) is 1. The topological polar surface area (TPSA) is 66.4 Å². The number of carboxylic acids is 1. The fraction of sp³-hybridized carbons (Fsp3) is 0.538. The molecule has 1 unspecified atom stereocenters. The molecule has 2 aromatic rings. The molecule has 1 amide bonds. The number of rotatable bonds is 8. The van der Waals surface area contributed by atoms with Crippen molar-refractivity contribution in [3.63, 3.8) is 0 Å². The molecule has 166 valence electrons. The van der Waals surface area contributed by atoms with Gasteiger partial charge >= 0.3 is 5.97 Å². The molecular weight excluding hydrogens is 406 g/mol. The SMILES string of the molecule is Cc1ccc2scc(C(=O)NC3[C@H](CC=CCCCC(=O)O)C[C@H]4C[C@@H]3C4(C)C)c2c1. The average molecular weight is 440 g/mol. The Bertz CT molecular complexity index is 1010.